The van der Waals surface area contributed by atoms with Gasteiger partial charge in [-0.15, -0.1) is 0 Å². The number of hydrogen-bond donors (Lipinski definition) is 1. The van der Waals surface area contributed by atoms with Gasteiger partial charge in [-0.05, 0) is 43.2 Å². The van der Waals surface area contributed by atoms with Gasteiger partial charge in [-0.3, -0.25) is 4.79 Å². The number of rotatable bonds is 6. The first-order chi connectivity index (χ1) is 12.1. The van der Waals surface area contributed by atoms with Crippen LogP contribution in [-0.4, -0.2) is 22.0 Å². The van der Waals surface area contributed by atoms with E-state index in [1.54, 1.807) is 0 Å². The molecule has 130 valence electrons. The molecule has 0 bridgehead atoms. The van der Waals surface area contributed by atoms with Crippen LogP contribution in [0.25, 0.3) is 11.0 Å². The van der Waals surface area contributed by atoms with E-state index in [1.165, 1.54) is 0 Å². The van der Waals surface area contributed by atoms with Crippen molar-refractivity contribution in [3.63, 3.8) is 0 Å². The van der Waals surface area contributed by atoms with Gasteiger partial charge in [0.1, 0.15) is 5.82 Å². The van der Waals surface area contributed by atoms with Crippen molar-refractivity contribution < 1.29 is 4.79 Å². The molecule has 1 amide bonds. The molecule has 25 heavy (non-hydrogen) atoms. The van der Waals surface area contributed by atoms with E-state index in [0.29, 0.717) is 18.7 Å². The normalized spacial score (nSPS) is 11.0. The van der Waals surface area contributed by atoms with Crippen LogP contribution in [0.3, 0.4) is 0 Å². The molecule has 3 rings (SSSR count). The van der Waals surface area contributed by atoms with Crippen molar-refractivity contribution in [2.45, 2.75) is 33.2 Å². The maximum absolute atomic E-state index is 12.2. The molecule has 0 spiro atoms. The Balaban J connectivity index is 2.09. The van der Waals surface area contributed by atoms with Crippen molar-refractivity contribution >= 4 is 28.5 Å². The molecule has 0 aliphatic rings. The van der Waals surface area contributed by atoms with Gasteiger partial charge in [0.05, 0.1) is 17.6 Å². The first-order valence-electron chi connectivity index (χ1n) is 8.64. The number of nitrogens with zero attached hydrogens (tertiary/aromatic N) is 2. The molecule has 5 heteroatoms. The fraction of sp³-hybridized carbons (Fsp3) is 0.300. The van der Waals surface area contributed by atoms with Gasteiger partial charge in [-0.2, -0.15) is 0 Å². The predicted octanol–water partition coefficient (Wildman–Crippen LogP) is 4.44. The minimum atomic E-state index is -0.0630. The Labute approximate surface area is 152 Å². The van der Waals surface area contributed by atoms with Crippen LogP contribution in [-0.2, 0) is 13.0 Å². The maximum atomic E-state index is 12.2. The first kappa shape index (κ1) is 17.5. The molecular weight excluding hydrogens is 334 g/mol. The molecule has 0 radical (unpaired) electrons. The van der Waals surface area contributed by atoms with Crippen LogP contribution in [0.5, 0.6) is 0 Å². The molecule has 3 aromatic rings. The van der Waals surface area contributed by atoms with Gasteiger partial charge in [0.25, 0.3) is 5.91 Å². The van der Waals surface area contributed by atoms with Crippen molar-refractivity contribution in [1.82, 2.24) is 14.9 Å². The number of aryl methyl sites for hydroxylation is 1. The summed E-state index contributed by atoms with van der Waals surface area (Å²) in [5.74, 6) is 0.956. The standard InChI is InChI=1S/C20H22ClN3O/c1-3-7-19-23-17-11-10-14(20(25)22-4-2)12-18(17)24(19)13-15-8-5-6-9-16(15)21/h5-6,8-12H,3-4,7,13H2,1-2H3,(H,22,25). The Morgan fingerprint density at radius 1 is 1.20 bits per heavy atom. The summed E-state index contributed by atoms with van der Waals surface area (Å²) in [4.78, 5) is 16.9. The van der Waals surface area contributed by atoms with E-state index in [4.69, 9.17) is 16.6 Å². The topological polar surface area (TPSA) is 46.9 Å². The van der Waals surface area contributed by atoms with Crippen molar-refractivity contribution in [3.8, 4) is 0 Å². The molecule has 1 N–H and O–H groups in total. The summed E-state index contributed by atoms with van der Waals surface area (Å²) in [5, 5.41) is 3.59. The average Bonchev–Trinajstić information content (AvgIpc) is 2.94. The van der Waals surface area contributed by atoms with Gasteiger partial charge in [-0.1, -0.05) is 36.7 Å². The zero-order valence-electron chi connectivity index (χ0n) is 14.6. The van der Waals surface area contributed by atoms with Crippen LogP contribution in [0.15, 0.2) is 42.5 Å². The minimum absolute atomic E-state index is 0.0630. The Bertz CT molecular complexity index is 901. The zero-order chi connectivity index (χ0) is 17.8. The second kappa shape index (κ2) is 7.70. The fourth-order valence-electron chi connectivity index (χ4n) is 2.96. The summed E-state index contributed by atoms with van der Waals surface area (Å²) in [6.07, 6.45) is 1.89. The highest BCUT2D eigenvalue weighted by atomic mass is 35.5. The number of fused-ring (bicyclic) bond motifs is 1. The average molecular weight is 356 g/mol. The monoisotopic (exact) mass is 355 g/mol. The van der Waals surface area contributed by atoms with Crippen LogP contribution in [0, 0.1) is 0 Å². The number of aromatic nitrogens is 2. The van der Waals surface area contributed by atoms with E-state index in [0.717, 1.165) is 40.3 Å². The molecule has 0 saturated carbocycles. The van der Waals surface area contributed by atoms with Crippen LogP contribution in [0.1, 0.15) is 42.0 Å². The molecule has 2 aromatic carbocycles. The van der Waals surface area contributed by atoms with E-state index < -0.39 is 0 Å². The van der Waals surface area contributed by atoms with Crippen molar-refractivity contribution in [3.05, 3.63) is 64.4 Å². The molecule has 0 aliphatic heterocycles. The number of imidazole rings is 1. The van der Waals surface area contributed by atoms with Crippen molar-refractivity contribution in [2.75, 3.05) is 6.54 Å². The van der Waals surface area contributed by atoms with E-state index in [9.17, 15) is 4.79 Å². The number of halogens is 1. The third-order valence-corrected chi connectivity index (χ3v) is 4.56. The van der Waals surface area contributed by atoms with E-state index >= 15 is 0 Å². The summed E-state index contributed by atoms with van der Waals surface area (Å²) in [7, 11) is 0. The molecule has 1 aromatic heterocycles. The number of hydrogen-bond acceptors (Lipinski definition) is 2. The highest BCUT2D eigenvalue weighted by Gasteiger charge is 2.14. The van der Waals surface area contributed by atoms with Crippen LogP contribution in [0.4, 0.5) is 0 Å². The zero-order valence-corrected chi connectivity index (χ0v) is 15.3. The molecule has 1 heterocycles. The molecule has 0 fully saturated rings. The van der Waals surface area contributed by atoms with Gasteiger partial charge in [-0.25, -0.2) is 4.98 Å². The smallest absolute Gasteiger partial charge is 0.251 e. The summed E-state index contributed by atoms with van der Waals surface area (Å²) in [6.45, 7) is 5.30. The summed E-state index contributed by atoms with van der Waals surface area (Å²) >= 11 is 6.35. The van der Waals surface area contributed by atoms with Gasteiger partial charge in [0.15, 0.2) is 0 Å². The lowest BCUT2D eigenvalue weighted by molar-refractivity contribution is 0.0956. The van der Waals surface area contributed by atoms with E-state index in [-0.39, 0.29) is 5.91 Å². The Hall–Kier alpha value is -2.33. The lowest BCUT2D eigenvalue weighted by Crippen LogP contribution is -2.22. The Kier molecular flexibility index (Phi) is 5.39. The maximum Gasteiger partial charge on any atom is 0.251 e. The molecule has 0 atom stereocenters. The number of carbonyl (C=O) groups excluding carboxylic acids is 1. The fourth-order valence-corrected chi connectivity index (χ4v) is 3.16. The highest BCUT2D eigenvalue weighted by molar-refractivity contribution is 6.31. The van der Waals surface area contributed by atoms with Gasteiger partial charge in [0.2, 0.25) is 0 Å². The summed E-state index contributed by atoms with van der Waals surface area (Å²) < 4.78 is 2.17. The number of nitrogens with one attached hydrogen (secondary N) is 1. The van der Waals surface area contributed by atoms with Gasteiger partial charge in [0, 0.05) is 23.6 Å². The third-order valence-electron chi connectivity index (χ3n) is 4.19. The molecule has 0 saturated heterocycles. The molecule has 4 nitrogen and oxygen atoms in total. The lowest BCUT2D eigenvalue weighted by atomic mass is 10.1. The largest absolute Gasteiger partial charge is 0.352 e. The third kappa shape index (κ3) is 3.69. The first-order valence-corrected chi connectivity index (χ1v) is 9.02. The van der Waals surface area contributed by atoms with E-state index in [1.807, 2.05) is 49.4 Å². The number of amides is 1. The lowest BCUT2D eigenvalue weighted by Gasteiger charge is -2.11. The highest BCUT2D eigenvalue weighted by Crippen LogP contribution is 2.23. The molecule has 0 unspecified atom stereocenters. The van der Waals surface area contributed by atoms with Crippen LogP contribution in [0.2, 0.25) is 5.02 Å². The molecular formula is C20H22ClN3O. The predicted molar refractivity (Wildman–Crippen MR) is 102 cm³/mol. The number of benzene rings is 2. The summed E-state index contributed by atoms with van der Waals surface area (Å²) in [6, 6.07) is 13.5. The SMILES string of the molecule is CCCc1nc2ccc(C(=O)NCC)cc2n1Cc1ccccc1Cl. The number of carbonyl (C=O) groups is 1. The van der Waals surface area contributed by atoms with E-state index in [2.05, 4.69) is 16.8 Å². The second-order valence-electron chi connectivity index (χ2n) is 6.02. The Morgan fingerprint density at radius 3 is 2.72 bits per heavy atom. The molecule has 0 aliphatic carbocycles. The quantitative estimate of drug-likeness (QED) is 0.710. The second-order valence-corrected chi connectivity index (χ2v) is 6.43. The Morgan fingerprint density at radius 2 is 2.00 bits per heavy atom. The van der Waals surface area contributed by atoms with Crippen LogP contribution >= 0.6 is 11.6 Å². The van der Waals surface area contributed by atoms with Gasteiger partial charge >= 0.3 is 0 Å². The van der Waals surface area contributed by atoms with Gasteiger partial charge < -0.3 is 9.88 Å². The minimum Gasteiger partial charge on any atom is -0.352 e. The van der Waals surface area contributed by atoms with Crippen molar-refractivity contribution in [1.29, 1.82) is 0 Å². The van der Waals surface area contributed by atoms with Crippen LogP contribution < -0.4 is 5.32 Å². The van der Waals surface area contributed by atoms with Crippen molar-refractivity contribution in [2.24, 2.45) is 0 Å². The summed E-state index contributed by atoms with van der Waals surface area (Å²) in [5.41, 5.74) is 3.57.